The van der Waals surface area contributed by atoms with Crippen molar-refractivity contribution in [3.05, 3.63) is 0 Å². The van der Waals surface area contributed by atoms with Gasteiger partial charge in [-0.25, -0.2) is 4.79 Å². The topological polar surface area (TPSA) is 81.1 Å². The summed E-state index contributed by atoms with van der Waals surface area (Å²) in [5, 5.41) is 2.47. The summed E-state index contributed by atoms with van der Waals surface area (Å²) in [7, 11) is 0. The van der Waals surface area contributed by atoms with Gasteiger partial charge in [0.2, 0.25) is 0 Å². The Kier molecular flexibility index (Phi) is 10.1. The molecular formula is C7H18ClN3O. The second kappa shape index (κ2) is 8.62. The van der Waals surface area contributed by atoms with E-state index < -0.39 is 6.03 Å². The van der Waals surface area contributed by atoms with Crippen LogP contribution in [0.4, 0.5) is 4.79 Å². The van der Waals surface area contributed by atoms with Crippen molar-refractivity contribution in [3.63, 3.8) is 0 Å². The highest BCUT2D eigenvalue weighted by Gasteiger charge is 2.01. The van der Waals surface area contributed by atoms with Gasteiger partial charge in [0.15, 0.2) is 0 Å². The summed E-state index contributed by atoms with van der Waals surface area (Å²) in [4.78, 5) is 10.2. The third kappa shape index (κ3) is 9.52. The van der Waals surface area contributed by atoms with Crippen molar-refractivity contribution in [2.45, 2.75) is 32.2 Å². The summed E-state index contributed by atoms with van der Waals surface area (Å²) in [6, 6.07) is -0.459. The maximum Gasteiger partial charge on any atom is 0.312 e. The number of carbonyl (C=O) groups is 1. The second-order valence-electron chi connectivity index (χ2n) is 2.65. The second-order valence-corrected chi connectivity index (χ2v) is 2.65. The van der Waals surface area contributed by atoms with Gasteiger partial charge in [0.1, 0.15) is 0 Å². The molecule has 0 saturated carbocycles. The van der Waals surface area contributed by atoms with Crippen LogP contribution in [0, 0.1) is 0 Å². The summed E-state index contributed by atoms with van der Waals surface area (Å²) >= 11 is 0. The van der Waals surface area contributed by atoms with Crippen LogP contribution in [-0.4, -0.2) is 18.6 Å². The van der Waals surface area contributed by atoms with E-state index in [0.717, 1.165) is 19.3 Å². The van der Waals surface area contributed by atoms with Gasteiger partial charge in [-0.15, -0.1) is 12.4 Å². The third-order valence-electron chi connectivity index (χ3n) is 1.47. The Labute approximate surface area is 79.5 Å². The highest BCUT2D eigenvalue weighted by molar-refractivity contribution is 5.85. The van der Waals surface area contributed by atoms with E-state index in [2.05, 4.69) is 12.2 Å². The maximum absolute atomic E-state index is 10.2. The largest absolute Gasteiger partial charge is 0.352 e. The van der Waals surface area contributed by atoms with Crippen LogP contribution < -0.4 is 16.8 Å². The van der Waals surface area contributed by atoms with Crippen LogP contribution in [-0.2, 0) is 0 Å². The van der Waals surface area contributed by atoms with Crippen molar-refractivity contribution in [2.75, 3.05) is 6.54 Å². The number of primary amides is 1. The van der Waals surface area contributed by atoms with E-state index in [1.54, 1.807) is 0 Å². The molecule has 0 aromatic heterocycles. The molecule has 0 spiro atoms. The highest BCUT2D eigenvalue weighted by Crippen LogP contribution is 1.96. The number of rotatable bonds is 5. The van der Waals surface area contributed by atoms with Gasteiger partial charge in [-0.3, -0.25) is 0 Å². The standard InChI is InChI=1S/C7H17N3O.ClH/c1-2-3-4-6(8)5-10-7(9)11;/h6H,2-5,8H2,1H3,(H3,9,10,11);1H. The van der Waals surface area contributed by atoms with Crippen molar-refractivity contribution in [1.29, 1.82) is 0 Å². The molecule has 0 rings (SSSR count). The molecule has 0 heterocycles. The average Bonchev–Trinajstić information content (AvgIpc) is 1.97. The maximum atomic E-state index is 10.2. The van der Waals surface area contributed by atoms with E-state index in [0.29, 0.717) is 6.54 Å². The first kappa shape index (κ1) is 14.1. The lowest BCUT2D eigenvalue weighted by molar-refractivity contribution is 0.248. The fourth-order valence-electron chi connectivity index (χ4n) is 0.800. The molecule has 0 aliphatic rings. The molecule has 1 unspecified atom stereocenters. The van der Waals surface area contributed by atoms with Crippen LogP contribution in [0.1, 0.15) is 26.2 Å². The zero-order chi connectivity index (χ0) is 8.69. The first-order valence-electron chi connectivity index (χ1n) is 3.95. The third-order valence-corrected chi connectivity index (χ3v) is 1.47. The molecule has 0 aliphatic heterocycles. The minimum Gasteiger partial charge on any atom is -0.352 e. The minimum absolute atomic E-state index is 0. The Balaban J connectivity index is 0. The Bertz CT molecular complexity index is 121. The van der Waals surface area contributed by atoms with Crippen LogP contribution in [0.15, 0.2) is 0 Å². The molecular weight excluding hydrogens is 178 g/mol. The van der Waals surface area contributed by atoms with Crippen LogP contribution in [0.3, 0.4) is 0 Å². The van der Waals surface area contributed by atoms with Crippen LogP contribution in [0.25, 0.3) is 0 Å². The molecule has 4 nitrogen and oxygen atoms in total. The quantitative estimate of drug-likeness (QED) is 0.601. The fraction of sp³-hybridized carbons (Fsp3) is 0.857. The lowest BCUT2D eigenvalue weighted by atomic mass is 10.1. The van der Waals surface area contributed by atoms with Gasteiger partial charge in [0.05, 0.1) is 0 Å². The predicted molar refractivity (Wildman–Crippen MR) is 52.3 cm³/mol. The lowest BCUT2D eigenvalue weighted by Gasteiger charge is -2.09. The Hall–Kier alpha value is -0.480. The van der Waals surface area contributed by atoms with E-state index in [1.165, 1.54) is 0 Å². The molecule has 0 saturated heterocycles. The predicted octanol–water partition coefficient (Wildman–Crippen LogP) is 0.594. The zero-order valence-corrected chi connectivity index (χ0v) is 8.19. The molecule has 0 aromatic carbocycles. The van der Waals surface area contributed by atoms with Crippen molar-refractivity contribution in [2.24, 2.45) is 11.5 Å². The molecule has 0 bridgehead atoms. The van der Waals surface area contributed by atoms with Crippen LogP contribution >= 0.6 is 12.4 Å². The number of hydrogen-bond acceptors (Lipinski definition) is 2. The Morgan fingerprint density at radius 2 is 2.17 bits per heavy atom. The van der Waals surface area contributed by atoms with Crippen LogP contribution in [0.5, 0.6) is 0 Å². The van der Waals surface area contributed by atoms with Gasteiger partial charge in [-0.1, -0.05) is 19.8 Å². The number of unbranched alkanes of at least 4 members (excludes halogenated alkanes) is 1. The monoisotopic (exact) mass is 195 g/mol. The molecule has 0 fully saturated rings. The molecule has 0 aromatic rings. The summed E-state index contributed by atoms with van der Waals surface area (Å²) in [5.74, 6) is 0. The van der Waals surface area contributed by atoms with Gasteiger partial charge >= 0.3 is 6.03 Å². The van der Waals surface area contributed by atoms with Crippen molar-refractivity contribution in [1.82, 2.24) is 5.32 Å². The van der Waals surface area contributed by atoms with Crippen molar-refractivity contribution >= 4 is 18.4 Å². The SMILES string of the molecule is CCCCC(N)CNC(N)=O.Cl. The van der Waals surface area contributed by atoms with E-state index in [9.17, 15) is 4.79 Å². The van der Waals surface area contributed by atoms with Gasteiger partial charge in [-0.05, 0) is 6.42 Å². The summed E-state index contributed by atoms with van der Waals surface area (Å²) in [6.07, 6.45) is 3.17. The first-order chi connectivity index (χ1) is 5.16. The normalized spacial score (nSPS) is 11.5. The number of nitrogens with one attached hydrogen (secondary N) is 1. The smallest absolute Gasteiger partial charge is 0.312 e. The van der Waals surface area contributed by atoms with Gasteiger partial charge in [-0.2, -0.15) is 0 Å². The number of hydrogen-bond donors (Lipinski definition) is 3. The van der Waals surface area contributed by atoms with E-state index in [1.807, 2.05) is 0 Å². The molecule has 2 amide bonds. The molecule has 5 N–H and O–H groups in total. The van der Waals surface area contributed by atoms with Gasteiger partial charge in [0.25, 0.3) is 0 Å². The molecule has 0 aliphatic carbocycles. The average molecular weight is 196 g/mol. The van der Waals surface area contributed by atoms with E-state index >= 15 is 0 Å². The fourth-order valence-corrected chi connectivity index (χ4v) is 0.800. The molecule has 1 atom stereocenters. The van der Waals surface area contributed by atoms with Crippen molar-refractivity contribution < 1.29 is 4.79 Å². The number of halogens is 1. The number of nitrogens with two attached hydrogens (primary N) is 2. The van der Waals surface area contributed by atoms with Gasteiger partial charge in [0, 0.05) is 12.6 Å². The molecule has 12 heavy (non-hydrogen) atoms. The molecule has 74 valence electrons. The Morgan fingerprint density at radius 3 is 2.58 bits per heavy atom. The number of urea groups is 1. The highest BCUT2D eigenvalue weighted by atomic mass is 35.5. The molecule has 0 radical (unpaired) electrons. The minimum atomic E-state index is -0.503. The number of amides is 2. The summed E-state index contributed by atoms with van der Waals surface area (Å²) in [5.41, 5.74) is 10.5. The first-order valence-corrected chi connectivity index (χ1v) is 3.95. The summed E-state index contributed by atoms with van der Waals surface area (Å²) in [6.45, 7) is 2.59. The van der Waals surface area contributed by atoms with Gasteiger partial charge < -0.3 is 16.8 Å². The van der Waals surface area contributed by atoms with Crippen molar-refractivity contribution in [3.8, 4) is 0 Å². The lowest BCUT2D eigenvalue weighted by Crippen LogP contribution is -2.39. The zero-order valence-electron chi connectivity index (χ0n) is 7.38. The Morgan fingerprint density at radius 1 is 1.58 bits per heavy atom. The van der Waals surface area contributed by atoms with Crippen LogP contribution in [0.2, 0.25) is 0 Å². The van der Waals surface area contributed by atoms with E-state index in [4.69, 9.17) is 11.5 Å². The van der Waals surface area contributed by atoms with E-state index in [-0.39, 0.29) is 18.4 Å². The summed E-state index contributed by atoms with van der Waals surface area (Å²) < 4.78 is 0. The molecule has 5 heteroatoms. The number of carbonyl (C=O) groups excluding carboxylic acids is 1.